The Bertz CT molecular complexity index is 904. The predicted molar refractivity (Wildman–Crippen MR) is 75.7 cm³/mol. The summed E-state index contributed by atoms with van der Waals surface area (Å²) in [5, 5.41) is 0.624. The van der Waals surface area contributed by atoms with E-state index in [-0.39, 0.29) is 22.3 Å². The van der Waals surface area contributed by atoms with Gasteiger partial charge in [-0.05, 0) is 40.2 Å². The van der Waals surface area contributed by atoms with Crippen molar-refractivity contribution in [3.63, 3.8) is 0 Å². The lowest BCUT2D eigenvalue weighted by molar-refractivity contribution is 0.211. The summed E-state index contributed by atoms with van der Waals surface area (Å²) in [4.78, 5) is 27.2. The van der Waals surface area contributed by atoms with Gasteiger partial charge in [-0.2, -0.15) is 0 Å². The first-order valence-electron chi connectivity index (χ1n) is 5.54. The molecule has 3 rings (SSSR count). The molecule has 6 nitrogen and oxygen atoms in total. The molecule has 0 fully saturated rings. The molecule has 2 heterocycles. The monoisotopic (exact) mass is 334 g/mol. The molecule has 0 bridgehead atoms. The van der Waals surface area contributed by atoms with Crippen molar-refractivity contribution >= 4 is 44.1 Å². The van der Waals surface area contributed by atoms with Crippen LogP contribution in [0.2, 0.25) is 0 Å². The molecular formula is C13H7BrN2O4. The number of primary amides is 1. The molecule has 20 heavy (non-hydrogen) atoms. The summed E-state index contributed by atoms with van der Waals surface area (Å²) >= 11 is 3.25. The number of aromatic nitrogens is 1. The number of amides is 1. The lowest BCUT2D eigenvalue weighted by Crippen LogP contribution is -2.16. The van der Waals surface area contributed by atoms with Crippen molar-refractivity contribution in [3.05, 3.63) is 45.2 Å². The van der Waals surface area contributed by atoms with Crippen LogP contribution in [0.3, 0.4) is 0 Å². The third-order valence-corrected chi connectivity index (χ3v) is 3.12. The van der Waals surface area contributed by atoms with Gasteiger partial charge in [0.15, 0.2) is 0 Å². The van der Waals surface area contributed by atoms with E-state index >= 15 is 0 Å². The van der Waals surface area contributed by atoms with Crippen molar-refractivity contribution in [1.29, 1.82) is 0 Å². The minimum absolute atomic E-state index is 0.180. The van der Waals surface area contributed by atoms with E-state index in [1.807, 2.05) is 0 Å². The molecule has 0 saturated heterocycles. The van der Waals surface area contributed by atoms with Crippen molar-refractivity contribution in [2.75, 3.05) is 0 Å². The van der Waals surface area contributed by atoms with Crippen LogP contribution in [0.5, 0.6) is 5.75 Å². The second-order valence-corrected chi connectivity index (χ2v) is 4.93. The van der Waals surface area contributed by atoms with E-state index in [1.54, 1.807) is 12.3 Å². The summed E-state index contributed by atoms with van der Waals surface area (Å²) < 4.78 is 11.0. The van der Waals surface area contributed by atoms with Crippen molar-refractivity contribution in [2.24, 2.45) is 5.73 Å². The van der Waals surface area contributed by atoms with Crippen LogP contribution in [0.15, 0.2) is 44.1 Å². The normalized spacial score (nSPS) is 10.8. The topological polar surface area (TPSA) is 95.4 Å². The average molecular weight is 335 g/mol. The second-order valence-electron chi connectivity index (χ2n) is 4.02. The summed E-state index contributed by atoms with van der Waals surface area (Å²) in [6, 6.07) is 6.04. The molecule has 0 atom stereocenters. The molecule has 0 saturated carbocycles. The molecular weight excluding hydrogens is 328 g/mol. The number of halogens is 1. The van der Waals surface area contributed by atoms with E-state index in [4.69, 9.17) is 14.9 Å². The summed E-state index contributed by atoms with van der Waals surface area (Å²) in [6.45, 7) is 0. The fraction of sp³-hybridized carbons (Fsp3) is 0. The molecule has 2 N–H and O–H groups in total. The van der Waals surface area contributed by atoms with Gasteiger partial charge >= 0.3 is 6.09 Å². The van der Waals surface area contributed by atoms with Crippen molar-refractivity contribution in [2.45, 2.75) is 0 Å². The smallest absolute Gasteiger partial charge is 0.409 e. The van der Waals surface area contributed by atoms with Crippen LogP contribution >= 0.6 is 15.9 Å². The first-order valence-corrected chi connectivity index (χ1v) is 6.33. The lowest BCUT2D eigenvalue weighted by atomic mass is 10.2. The molecule has 7 heteroatoms. The number of nitrogens with zero attached hydrogens (tertiary/aromatic N) is 1. The summed E-state index contributed by atoms with van der Waals surface area (Å²) in [7, 11) is 0. The maximum absolute atomic E-state index is 12.4. The van der Waals surface area contributed by atoms with Crippen LogP contribution in [-0.4, -0.2) is 11.1 Å². The number of fused-ring (bicyclic) bond motifs is 2. The molecule has 3 aromatic rings. The van der Waals surface area contributed by atoms with E-state index in [2.05, 4.69) is 20.9 Å². The van der Waals surface area contributed by atoms with E-state index in [0.29, 0.717) is 15.4 Å². The van der Waals surface area contributed by atoms with Gasteiger partial charge in [0.25, 0.3) is 0 Å². The molecule has 2 aromatic heterocycles. The van der Waals surface area contributed by atoms with Gasteiger partial charge in [-0.1, -0.05) is 0 Å². The number of carbonyl (C=O) groups excluding carboxylic acids is 1. The van der Waals surface area contributed by atoms with Crippen LogP contribution < -0.4 is 15.9 Å². The van der Waals surface area contributed by atoms with Crippen molar-refractivity contribution < 1.29 is 13.9 Å². The molecule has 1 amide bonds. The van der Waals surface area contributed by atoms with Gasteiger partial charge in [-0.3, -0.25) is 4.79 Å². The molecule has 0 aliphatic carbocycles. The highest BCUT2D eigenvalue weighted by atomic mass is 79.9. The highest BCUT2D eigenvalue weighted by Crippen LogP contribution is 2.23. The third kappa shape index (κ3) is 2.12. The maximum Gasteiger partial charge on any atom is 0.409 e. The fourth-order valence-electron chi connectivity index (χ4n) is 1.88. The Morgan fingerprint density at radius 1 is 1.30 bits per heavy atom. The van der Waals surface area contributed by atoms with E-state index in [9.17, 15) is 9.59 Å². The van der Waals surface area contributed by atoms with Crippen LogP contribution in [0.1, 0.15) is 0 Å². The fourth-order valence-corrected chi connectivity index (χ4v) is 2.21. The van der Waals surface area contributed by atoms with Gasteiger partial charge in [-0.25, -0.2) is 9.78 Å². The summed E-state index contributed by atoms with van der Waals surface area (Å²) in [5.41, 5.74) is 5.28. The maximum atomic E-state index is 12.4. The number of pyridine rings is 1. The van der Waals surface area contributed by atoms with Crippen LogP contribution in [0, 0.1) is 0 Å². The Kier molecular flexibility index (Phi) is 2.90. The number of benzene rings is 1. The Morgan fingerprint density at radius 3 is 2.85 bits per heavy atom. The average Bonchev–Trinajstić information content (AvgIpc) is 2.40. The number of hydrogen-bond donors (Lipinski definition) is 1. The standard InChI is InChI=1S/C13H7BrN2O4/c14-6-3-9-11(17)8-4-7(19-13(15)18)1-2-10(8)20-12(9)16-5-6/h1-5H,(H2,15,18). The Morgan fingerprint density at radius 2 is 2.10 bits per heavy atom. The van der Waals surface area contributed by atoms with Crippen molar-refractivity contribution in [1.82, 2.24) is 4.98 Å². The highest BCUT2D eigenvalue weighted by molar-refractivity contribution is 9.10. The summed E-state index contributed by atoms with van der Waals surface area (Å²) in [6.07, 6.45) is 0.598. The predicted octanol–water partition coefficient (Wildman–Crippen LogP) is 2.56. The molecule has 0 spiro atoms. The minimum atomic E-state index is -0.945. The molecule has 0 aliphatic rings. The first-order chi connectivity index (χ1) is 9.54. The quantitative estimate of drug-likeness (QED) is 0.690. The molecule has 0 aliphatic heterocycles. The molecule has 1 aromatic carbocycles. The van der Waals surface area contributed by atoms with Gasteiger partial charge in [0.2, 0.25) is 11.1 Å². The number of nitrogens with two attached hydrogens (primary N) is 1. The Hall–Kier alpha value is -2.41. The van der Waals surface area contributed by atoms with E-state index in [0.717, 1.165) is 0 Å². The van der Waals surface area contributed by atoms with Gasteiger partial charge in [0.1, 0.15) is 11.3 Å². The highest BCUT2D eigenvalue weighted by Gasteiger charge is 2.11. The van der Waals surface area contributed by atoms with Crippen LogP contribution in [-0.2, 0) is 0 Å². The minimum Gasteiger partial charge on any atom is -0.437 e. The third-order valence-electron chi connectivity index (χ3n) is 2.68. The number of carbonyl (C=O) groups is 1. The first kappa shape index (κ1) is 12.6. The van der Waals surface area contributed by atoms with Gasteiger partial charge in [0.05, 0.1) is 10.8 Å². The van der Waals surface area contributed by atoms with Gasteiger partial charge in [0, 0.05) is 10.7 Å². The summed E-state index contributed by atoms with van der Waals surface area (Å²) in [5.74, 6) is 0.180. The molecule has 100 valence electrons. The van der Waals surface area contributed by atoms with Gasteiger partial charge < -0.3 is 14.9 Å². The van der Waals surface area contributed by atoms with Crippen LogP contribution in [0.4, 0.5) is 4.79 Å². The molecule has 0 radical (unpaired) electrons. The zero-order valence-corrected chi connectivity index (χ0v) is 11.5. The van der Waals surface area contributed by atoms with E-state index in [1.165, 1.54) is 18.2 Å². The number of ether oxygens (including phenoxy) is 1. The Labute approximate surface area is 120 Å². The Balaban J connectivity index is 2.33. The number of rotatable bonds is 1. The zero-order valence-electron chi connectivity index (χ0n) is 9.92. The molecule has 0 unspecified atom stereocenters. The number of hydrogen-bond acceptors (Lipinski definition) is 5. The zero-order chi connectivity index (χ0) is 14.3. The van der Waals surface area contributed by atoms with Crippen molar-refractivity contribution in [3.8, 4) is 5.75 Å². The lowest BCUT2D eigenvalue weighted by Gasteiger charge is -2.03. The van der Waals surface area contributed by atoms with E-state index < -0.39 is 6.09 Å². The van der Waals surface area contributed by atoms with Gasteiger partial charge in [-0.15, -0.1) is 0 Å². The SMILES string of the molecule is NC(=O)Oc1ccc2oc3ncc(Br)cc3c(=O)c2c1. The largest absolute Gasteiger partial charge is 0.437 e. The second kappa shape index (κ2) is 4.61. The van der Waals surface area contributed by atoms with Crippen LogP contribution in [0.25, 0.3) is 22.1 Å².